The van der Waals surface area contributed by atoms with Gasteiger partial charge in [0.1, 0.15) is 23.0 Å². The number of benzene rings is 1. The first kappa shape index (κ1) is 20.3. The first-order valence-electron chi connectivity index (χ1n) is 7.85. The molecule has 0 aliphatic rings. The zero-order valence-electron chi connectivity index (χ0n) is 14.8. The van der Waals surface area contributed by atoms with Crippen LogP contribution >= 0.6 is 0 Å². The molecule has 0 spiro atoms. The maximum absolute atomic E-state index is 12.4. The highest BCUT2D eigenvalue weighted by Crippen LogP contribution is 2.11. The average Bonchev–Trinajstić information content (AvgIpc) is 2.44. The lowest BCUT2D eigenvalue weighted by atomic mass is 10.0. The minimum atomic E-state index is -1.67. The van der Waals surface area contributed by atoms with Crippen molar-refractivity contribution in [2.75, 3.05) is 0 Å². The van der Waals surface area contributed by atoms with Gasteiger partial charge in [-0.05, 0) is 45.2 Å². The van der Waals surface area contributed by atoms with Gasteiger partial charge >= 0.3 is 6.09 Å². The molecule has 2 amide bonds. The summed E-state index contributed by atoms with van der Waals surface area (Å²) < 4.78 is 19.8. The molecule has 0 saturated carbocycles. The van der Waals surface area contributed by atoms with Gasteiger partial charge in [-0.15, -0.1) is 0 Å². The molecule has 0 aromatic heterocycles. The molecule has 24 heavy (non-hydrogen) atoms. The van der Waals surface area contributed by atoms with Crippen LogP contribution in [0, 0.1) is 5.92 Å². The lowest BCUT2D eigenvalue weighted by Gasteiger charge is -2.24. The van der Waals surface area contributed by atoms with E-state index in [-0.39, 0.29) is 5.92 Å². The molecule has 1 unspecified atom stereocenters. The summed E-state index contributed by atoms with van der Waals surface area (Å²) in [4.78, 5) is 24.8. The molecule has 1 aromatic rings. The van der Waals surface area contributed by atoms with E-state index in [1.807, 2.05) is 13.8 Å². The molecule has 134 valence electrons. The lowest BCUT2D eigenvalue weighted by Crippen LogP contribution is -2.50. The highest BCUT2D eigenvalue weighted by Gasteiger charge is 2.28. The quantitative estimate of drug-likeness (QED) is 0.769. The number of ether oxygens (including phenoxy) is 1. The predicted octanol–water partition coefficient (Wildman–Crippen LogP) is 2.76. The summed E-state index contributed by atoms with van der Waals surface area (Å²) in [6, 6.07) is 7.79. The highest BCUT2D eigenvalue weighted by molar-refractivity contribution is 7.90. The fourth-order valence-corrected chi connectivity index (χ4v) is 2.77. The van der Waals surface area contributed by atoms with Gasteiger partial charge in [0, 0.05) is 0 Å². The third-order valence-corrected chi connectivity index (χ3v) is 3.95. The highest BCUT2D eigenvalue weighted by atomic mass is 32.2. The number of hydrogen-bond acceptors (Lipinski definition) is 4. The summed E-state index contributed by atoms with van der Waals surface area (Å²) in [7, 11) is 0. The summed E-state index contributed by atoms with van der Waals surface area (Å²) in [6.45, 7) is 9.11. The van der Waals surface area contributed by atoms with Crippen LogP contribution < -0.4 is 10.0 Å². The van der Waals surface area contributed by atoms with Crippen LogP contribution in [0.2, 0.25) is 0 Å². The van der Waals surface area contributed by atoms with Crippen LogP contribution in [0.25, 0.3) is 0 Å². The summed E-state index contributed by atoms with van der Waals surface area (Å²) in [6.07, 6.45) is -0.259. The smallest absolute Gasteiger partial charge is 0.408 e. The number of alkyl carbamates (subject to hydrolysis) is 1. The number of nitrogens with one attached hydrogen (secondary N) is 2. The zero-order chi connectivity index (χ0) is 18.3. The van der Waals surface area contributed by atoms with Gasteiger partial charge in [0.25, 0.3) is 5.91 Å². The third-order valence-electron chi connectivity index (χ3n) is 2.87. The third kappa shape index (κ3) is 7.70. The topological polar surface area (TPSA) is 90.5 Å². The Labute approximate surface area is 146 Å². The molecule has 1 aromatic carbocycles. The van der Waals surface area contributed by atoms with Crippen molar-refractivity contribution in [3.63, 3.8) is 0 Å². The van der Waals surface area contributed by atoms with E-state index < -0.39 is 35.0 Å². The van der Waals surface area contributed by atoms with Crippen molar-refractivity contribution in [1.82, 2.24) is 10.0 Å². The van der Waals surface area contributed by atoms with E-state index in [1.165, 1.54) is 0 Å². The van der Waals surface area contributed by atoms with E-state index in [0.717, 1.165) is 0 Å². The van der Waals surface area contributed by atoms with Crippen molar-refractivity contribution in [3.05, 3.63) is 30.3 Å². The first-order valence-corrected chi connectivity index (χ1v) is 9.00. The molecule has 6 nitrogen and oxygen atoms in total. The van der Waals surface area contributed by atoms with E-state index in [1.54, 1.807) is 51.1 Å². The molecule has 0 fully saturated rings. The Morgan fingerprint density at radius 2 is 1.79 bits per heavy atom. The van der Waals surface area contributed by atoms with Crippen molar-refractivity contribution in [1.29, 1.82) is 0 Å². The molecule has 0 aliphatic heterocycles. The second-order valence-corrected chi connectivity index (χ2v) is 8.09. The van der Waals surface area contributed by atoms with E-state index in [0.29, 0.717) is 11.3 Å². The Kier molecular flexibility index (Phi) is 7.57. The molecule has 7 heteroatoms. The van der Waals surface area contributed by atoms with Gasteiger partial charge in [0.05, 0.1) is 0 Å². The zero-order valence-corrected chi connectivity index (χ0v) is 15.6. The Morgan fingerprint density at radius 1 is 1.21 bits per heavy atom. The van der Waals surface area contributed by atoms with Gasteiger partial charge < -0.3 is 14.6 Å². The van der Waals surface area contributed by atoms with Crippen molar-refractivity contribution < 1.29 is 18.9 Å². The van der Waals surface area contributed by atoms with Gasteiger partial charge in [0.15, 0.2) is 4.90 Å². The van der Waals surface area contributed by atoms with E-state index in [9.17, 15) is 14.1 Å². The number of amides is 2. The predicted molar refractivity (Wildman–Crippen MR) is 93.6 cm³/mol. The molecule has 0 heterocycles. The van der Waals surface area contributed by atoms with Gasteiger partial charge in [-0.25, -0.2) is 4.79 Å². The van der Waals surface area contributed by atoms with Crippen LogP contribution in [0.15, 0.2) is 35.2 Å². The van der Waals surface area contributed by atoms with Crippen molar-refractivity contribution >= 4 is 23.4 Å². The summed E-state index contributed by atoms with van der Waals surface area (Å²) >= 11 is -1.67. The molecule has 0 bridgehead atoms. The Morgan fingerprint density at radius 3 is 2.29 bits per heavy atom. The second-order valence-electron chi connectivity index (χ2n) is 6.88. The maximum atomic E-state index is 12.4. The molecular weight excluding hydrogens is 328 g/mol. The minimum absolute atomic E-state index is 0.167. The minimum Gasteiger partial charge on any atom is -0.588 e. The molecule has 2 atom stereocenters. The SMILES string of the molecule is CC(C)C[C@H](NC(=O)OC(C)(C)C)C(=O)N[S+]([O-])c1ccccc1. The molecule has 0 radical (unpaired) electrons. The van der Waals surface area contributed by atoms with Crippen LogP contribution in [-0.4, -0.2) is 28.2 Å². The summed E-state index contributed by atoms with van der Waals surface area (Å²) in [5, 5.41) is 2.55. The monoisotopic (exact) mass is 354 g/mol. The molecule has 2 N–H and O–H groups in total. The Bertz CT molecular complexity index is 543. The molecule has 0 aliphatic carbocycles. The first-order chi connectivity index (χ1) is 11.1. The Balaban J connectivity index is 2.72. The maximum Gasteiger partial charge on any atom is 0.408 e. The van der Waals surface area contributed by atoms with Crippen LogP contribution in [0.5, 0.6) is 0 Å². The van der Waals surface area contributed by atoms with Crippen LogP contribution in [0.3, 0.4) is 0 Å². The van der Waals surface area contributed by atoms with Gasteiger partial charge in [-0.3, -0.25) is 4.79 Å². The van der Waals surface area contributed by atoms with Crippen LogP contribution in [0.4, 0.5) is 4.79 Å². The van der Waals surface area contributed by atoms with Gasteiger partial charge in [-0.1, -0.05) is 32.0 Å². The standard InChI is InChI=1S/C17H26N2O4S/c1-12(2)11-14(18-16(21)23-17(3,4)5)15(20)19-24(22)13-9-7-6-8-10-13/h6-10,12,14H,11H2,1-5H3,(H,18,21)(H,19,20)/t14-,24?/m0/s1. The summed E-state index contributed by atoms with van der Waals surface area (Å²) in [5.74, 6) is -0.336. The van der Waals surface area contributed by atoms with Crippen molar-refractivity contribution in [2.45, 2.75) is 57.6 Å². The second kappa shape index (κ2) is 8.94. The molecule has 0 saturated heterocycles. The van der Waals surface area contributed by atoms with Crippen molar-refractivity contribution in [2.24, 2.45) is 5.92 Å². The largest absolute Gasteiger partial charge is 0.588 e. The lowest BCUT2D eigenvalue weighted by molar-refractivity contribution is -0.121. The number of carbonyl (C=O) groups is 2. The normalized spacial score (nSPS) is 14.0. The van der Waals surface area contributed by atoms with Gasteiger partial charge in [0.2, 0.25) is 0 Å². The van der Waals surface area contributed by atoms with Gasteiger partial charge in [-0.2, -0.15) is 4.72 Å². The van der Waals surface area contributed by atoms with Crippen LogP contribution in [-0.2, 0) is 20.9 Å². The van der Waals surface area contributed by atoms with Crippen molar-refractivity contribution in [3.8, 4) is 0 Å². The van der Waals surface area contributed by atoms with Crippen LogP contribution in [0.1, 0.15) is 41.0 Å². The number of hydrogen-bond donors (Lipinski definition) is 2. The Hall–Kier alpha value is -1.73. The molecule has 1 rings (SSSR count). The fourth-order valence-electron chi connectivity index (χ4n) is 1.92. The summed E-state index contributed by atoms with van der Waals surface area (Å²) in [5.41, 5.74) is -0.657. The van der Waals surface area contributed by atoms with E-state index >= 15 is 0 Å². The van der Waals surface area contributed by atoms with E-state index in [4.69, 9.17) is 4.74 Å². The number of rotatable bonds is 6. The average molecular weight is 354 g/mol. The molecular formula is C17H26N2O4S. The number of carbonyl (C=O) groups excluding carboxylic acids is 2. The fraction of sp³-hybridized carbons (Fsp3) is 0.529. The van der Waals surface area contributed by atoms with E-state index in [2.05, 4.69) is 10.0 Å².